The van der Waals surface area contributed by atoms with Gasteiger partial charge in [-0.15, -0.1) is 0 Å². The van der Waals surface area contributed by atoms with Gasteiger partial charge in [0.15, 0.2) is 0 Å². The number of carbonyl (C=O) groups is 1. The van der Waals surface area contributed by atoms with Crippen molar-refractivity contribution in [2.75, 3.05) is 31.5 Å². The number of likely N-dealkylation sites (tertiary alicyclic amines) is 1. The summed E-state index contributed by atoms with van der Waals surface area (Å²) in [6.45, 7) is 5.51. The average molecular weight is 524 g/mol. The number of benzene rings is 2. The van der Waals surface area contributed by atoms with Crippen LogP contribution in [-0.4, -0.2) is 55.2 Å². The summed E-state index contributed by atoms with van der Waals surface area (Å²) in [5.74, 6) is -0.541. The Morgan fingerprint density at radius 2 is 1.61 bits per heavy atom. The molecule has 2 saturated heterocycles. The number of sulfonamides is 1. The monoisotopic (exact) mass is 523 g/mol. The standard InChI is InChI=1S/C26H32F3N3O3S/c1-24(2)18-25(19-32(24)36(34,35)17-20-8-4-3-5-9-20)12-14-31(15-13-25)16-23(33)30-22-11-7-6-10-21(22)26(27,28)29/h3-11H,12-19H2,1-2H3,(H,30,33). The fourth-order valence-electron chi connectivity index (χ4n) is 5.67. The summed E-state index contributed by atoms with van der Waals surface area (Å²) in [7, 11) is -3.52. The normalized spacial score (nSPS) is 20.5. The first-order chi connectivity index (χ1) is 16.8. The van der Waals surface area contributed by atoms with Gasteiger partial charge in [0.25, 0.3) is 0 Å². The zero-order chi connectivity index (χ0) is 26.2. The molecule has 10 heteroatoms. The van der Waals surface area contributed by atoms with Crippen LogP contribution >= 0.6 is 0 Å². The molecule has 0 aliphatic carbocycles. The van der Waals surface area contributed by atoms with Crippen LogP contribution in [0.2, 0.25) is 0 Å². The van der Waals surface area contributed by atoms with Crippen molar-refractivity contribution in [3.63, 3.8) is 0 Å². The number of hydrogen-bond donors (Lipinski definition) is 1. The van der Waals surface area contributed by atoms with E-state index >= 15 is 0 Å². The number of carbonyl (C=O) groups excluding carboxylic acids is 1. The zero-order valence-corrected chi connectivity index (χ0v) is 21.3. The van der Waals surface area contributed by atoms with E-state index in [0.717, 1.165) is 30.9 Å². The predicted molar refractivity (Wildman–Crippen MR) is 133 cm³/mol. The van der Waals surface area contributed by atoms with Gasteiger partial charge in [0.1, 0.15) is 0 Å². The van der Waals surface area contributed by atoms with E-state index in [-0.39, 0.29) is 23.4 Å². The number of alkyl halides is 3. The largest absolute Gasteiger partial charge is 0.418 e. The van der Waals surface area contributed by atoms with Crippen LogP contribution in [0.4, 0.5) is 18.9 Å². The van der Waals surface area contributed by atoms with Crippen LogP contribution < -0.4 is 5.32 Å². The van der Waals surface area contributed by atoms with Gasteiger partial charge in [0, 0.05) is 12.1 Å². The molecular weight excluding hydrogens is 491 g/mol. The molecule has 2 aliphatic heterocycles. The second-order valence-electron chi connectivity index (χ2n) is 10.6. The van der Waals surface area contributed by atoms with E-state index in [1.54, 1.807) is 4.31 Å². The third-order valence-corrected chi connectivity index (χ3v) is 9.27. The zero-order valence-electron chi connectivity index (χ0n) is 20.5. The van der Waals surface area contributed by atoms with Crippen molar-refractivity contribution in [2.45, 2.75) is 50.6 Å². The molecule has 0 radical (unpaired) electrons. The molecular formula is C26H32F3N3O3S. The van der Waals surface area contributed by atoms with Crippen molar-refractivity contribution in [2.24, 2.45) is 5.41 Å². The molecule has 2 aliphatic rings. The summed E-state index contributed by atoms with van der Waals surface area (Å²) < 4.78 is 67.9. The van der Waals surface area contributed by atoms with Crippen molar-refractivity contribution < 1.29 is 26.4 Å². The van der Waals surface area contributed by atoms with E-state index in [9.17, 15) is 26.4 Å². The highest BCUT2D eigenvalue weighted by molar-refractivity contribution is 7.88. The Hall–Kier alpha value is -2.43. The maximum atomic E-state index is 13.3. The topological polar surface area (TPSA) is 69.7 Å². The highest BCUT2D eigenvalue weighted by Gasteiger charge is 2.53. The highest BCUT2D eigenvalue weighted by Crippen LogP contribution is 2.49. The minimum absolute atomic E-state index is 0.0122. The van der Waals surface area contributed by atoms with Gasteiger partial charge >= 0.3 is 6.18 Å². The van der Waals surface area contributed by atoms with Crippen LogP contribution in [0.3, 0.4) is 0 Å². The van der Waals surface area contributed by atoms with Crippen LogP contribution in [0.5, 0.6) is 0 Å². The number of anilines is 1. The van der Waals surface area contributed by atoms with Crippen molar-refractivity contribution >= 4 is 21.6 Å². The molecule has 0 unspecified atom stereocenters. The van der Waals surface area contributed by atoms with Crippen LogP contribution in [-0.2, 0) is 26.7 Å². The van der Waals surface area contributed by atoms with Crippen molar-refractivity contribution in [3.05, 3.63) is 65.7 Å². The maximum absolute atomic E-state index is 13.3. The van der Waals surface area contributed by atoms with E-state index in [1.165, 1.54) is 18.2 Å². The lowest BCUT2D eigenvalue weighted by molar-refractivity contribution is -0.137. The number of rotatable bonds is 6. The van der Waals surface area contributed by atoms with Gasteiger partial charge in [-0.2, -0.15) is 17.5 Å². The van der Waals surface area contributed by atoms with Crippen molar-refractivity contribution in [1.82, 2.24) is 9.21 Å². The van der Waals surface area contributed by atoms with E-state index in [2.05, 4.69) is 5.32 Å². The first-order valence-corrected chi connectivity index (χ1v) is 13.6. The summed E-state index contributed by atoms with van der Waals surface area (Å²) >= 11 is 0. The minimum atomic E-state index is -4.55. The lowest BCUT2D eigenvalue weighted by Gasteiger charge is -2.39. The molecule has 1 N–H and O–H groups in total. The third kappa shape index (κ3) is 5.92. The molecule has 1 spiro atoms. The molecule has 6 nitrogen and oxygen atoms in total. The van der Waals surface area contributed by atoms with E-state index in [4.69, 9.17) is 0 Å². The van der Waals surface area contributed by atoms with Crippen LogP contribution in [0, 0.1) is 5.41 Å². The lowest BCUT2D eigenvalue weighted by atomic mass is 9.74. The average Bonchev–Trinajstić information content (AvgIpc) is 3.06. The molecule has 2 aromatic carbocycles. The first kappa shape index (κ1) is 26.6. The molecule has 2 aromatic rings. The van der Waals surface area contributed by atoms with Gasteiger partial charge in [-0.25, -0.2) is 8.42 Å². The van der Waals surface area contributed by atoms with Gasteiger partial charge in [0.2, 0.25) is 15.9 Å². The van der Waals surface area contributed by atoms with Crippen LogP contribution in [0.25, 0.3) is 0 Å². The van der Waals surface area contributed by atoms with Gasteiger partial charge in [-0.05, 0) is 69.3 Å². The van der Waals surface area contributed by atoms with E-state index in [1.807, 2.05) is 49.1 Å². The van der Waals surface area contributed by atoms with Crippen molar-refractivity contribution in [1.29, 1.82) is 0 Å². The smallest absolute Gasteiger partial charge is 0.324 e. The number of halogens is 3. The summed E-state index contributed by atoms with van der Waals surface area (Å²) in [5, 5.41) is 2.40. The maximum Gasteiger partial charge on any atom is 0.418 e. The third-order valence-electron chi connectivity index (χ3n) is 7.28. The molecule has 2 heterocycles. The Morgan fingerprint density at radius 3 is 2.25 bits per heavy atom. The van der Waals surface area contributed by atoms with Gasteiger partial charge < -0.3 is 5.32 Å². The quantitative estimate of drug-likeness (QED) is 0.594. The number of para-hydroxylation sites is 1. The lowest BCUT2D eigenvalue weighted by Crippen LogP contribution is -2.45. The van der Waals surface area contributed by atoms with Gasteiger partial charge in [-0.3, -0.25) is 9.69 Å². The number of hydrogen-bond acceptors (Lipinski definition) is 4. The molecule has 196 valence electrons. The molecule has 1 amide bonds. The molecule has 4 rings (SSSR count). The van der Waals surface area contributed by atoms with Gasteiger partial charge in [-0.1, -0.05) is 42.5 Å². The van der Waals surface area contributed by atoms with E-state index in [0.29, 0.717) is 19.6 Å². The SMILES string of the molecule is CC1(C)CC2(CCN(CC(=O)Nc3ccccc3C(F)(F)F)CC2)CN1S(=O)(=O)Cc1ccccc1. The van der Waals surface area contributed by atoms with Crippen molar-refractivity contribution in [3.8, 4) is 0 Å². The molecule has 0 aromatic heterocycles. The summed E-state index contributed by atoms with van der Waals surface area (Å²) in [6.07, 6.45) is -2.38. The fourth-order valence-corrected chi connectivity index (χ4v) is 7.73. The molecule has 0 bridgehead atoms. The number of amides is 1. The number of nitrogens with one attached hydrogen (secondary N) is 1. The number of nitrogens with zero attached hydrogens (tertiary/aromatic N) is 2. The van der Waals surface area contributed by atoms with Gasteiger partial charge in [0.05, 0.1) is 23.5 Å². The van der Waals surface area contributed by atoms with E-state index < -0.39 is 33.2 Å². The number of piperidine rings is 1. The van der Waals surface area contributed by atoms with Crippen LogP contribution in [0.1, 0.15) is 44.2 Å². The summed E-state index contributed by atoms with van der Waals surface area (Å²) in [6, 6.07) is 14.1. The molecule has 36 heavy (non-hydrogen) atoms. The second kappa shape index (κ2) is 9.79. The first-order valence-electron chi connectivity index (χ1n) is 12.0. The summed E-state index contributed by atoms with van der Waals surface area (Å²) in [4.78, 5) is 14.4. The van der Waals surface area contributed by atoms with Crippen LogP contribution in [0.15, 0.2) is 54.6 Å². The molecule has 0 atom stereocenters. The Bertz CT molecular complexity index is 1190. The Balaban J connectivity index is 1.36. The molecule has 0 saturated carbocycles. The summed E-state index contributed by atoms with van der Waals surface area (Å²) in [5.41, 5.74) is -1.07. The Morgan fingerprint density at radius 1 is 1.00 bits per heavy atom. The second-order valence-corrected chi connectivity index (χ2v) is 12.5. The minimum Gasteiger partial charge on any atom is -0.324 e. The molecule has 2 fully saturated rings. The highest BCUT2D eigenvalue weighted by atomic mass is 32.2. The fraction of sp³-hybridized carbons (Fsp3) is 0.500. The Labute approximate surface area is 210 Å². The predicted octanol–water partition coefficient (Wildman–Crippen LogP) is 4.74. The Kier molecular flexibility index (Phi) is 7.24.